The molecule has 16 heavy (non-hydrogen) atoms. The Hall–Kier alpha value is -0.900. The first-order chi connectivity index (χ1) is 7.88. The van der Waals surface area contributed by atoms with Gasteiger partial charge in [0.05, 0.1) is 0 Å². The first kappa shape index (κ1) is 17.5. The Bertz CT molecular complexity index is 214. The molecule has 94 valence electrons. The zero-order valence-electron chi connectivity index (χ0n) is 10.8. The molecule has 0 saturated heterocycles. The molecule has 1 rings (SSSR count). The summed E-state index contributed by atoms with van der Waals surface area (Å²) in [6.45, 7) is 4.22. The quantitative estimate of drug-likeness (QED) is 0.737. The van der Waals surface area contributed by atoms with E-state index < -0.39 is 0 Å². The monoisotopic (exact) mass is 227 g/mol. The Morgan fingerprint density at radius 3 is 2.00 bits per heavy atom. The fourth-order valence-electron chi connectivity index (χ4n) is 1.29. The third-order valence-corrected chi connectivity index (χ3v) is 1.97. The zero-order valence-corrected chi connectivity index (χ0v) is 10.8. The molecule has 1 unspecified atom stereocenters. The lowest BCUT2D eigenvalue weighted by Crippen LogP contribution is -2.17. The van der Waals surface area contributed by atoms with Gasteiger partial charge >= 0.3 is 0 Å². The van der Waals surface area contributed by atoms with Crippen molar-refractivity contribution in [2.45, 2.75) is 26.3 Å². The highest BCUT2D eigenvalue weighted by molar-refractivity contribution is 5.18. The number of rotatable bonds is 4. The van der Waals surface area contributed by atoms with Crippen LogP contribution in [0.4, 0.5) is 0 Å². The summed E-state index contributed by atoms with van der Waals surface area (Å²) < 4.78 is 0. The van der Waals surface area contributed by atoms with Crippen molar-refractivity contribution < 1.29 is 10.2 Å². The molecule has 3 N–H and O–H groups in total. The van der Waals surface area contributed by atoms with E-state index in [-0.39, 0.29) is 12.6 Å². The molecule has 1 atom stereocenters. The third-order valence-electron chi connectivity index (χ3n) is 1.97. The van der Waals surface area contributed by atoms with Gasteiger partial charge in [0.15, 0.2) is 0 Å². The first-order valence-electron chi connectivity index (χ1n) is 5.66. The van der Waals surface area contributed by atoms with Gasteiger partial charge in [-0.3, -0.25) is 0 Å². The highest BCUT2D eigenvalue weighted by Crippen LogP contribution is 2.14. The number of hydrogen-bond donors (Lipinski definition) is 3. The topological polar surface area (TPSA) is 52.5 Å². The van der Waals surface area contributed by atoms with Gasteiger partial charge in [-0.1, -0.05) is 44.2 Å². The highest BCUT2D eigenvalue weighted by Gasteiger charge is 2.05. The Morgan fingerprint density at radius 2 is 1.62 bits per heavy atom. The number of aliphatic hydroxyl groups is 2. The second-order valence-corrected chi connectivity index (χ2v) is 2.76. The van der Waals surface area contributed by atoms with Crippen molar-refractivity contribution in [1.29, 1.82) is 0 Å². The van der Waals surface area contributed by atoms with Crippen LogP contribution in [0.3, 0.4) is 0 Å². The van der Waals surface area contributed by atoms with E-state index >= 15 is 0 Å². The standard InChI is InChI=1S/C10H15NO.C2H6.CH4O/c1-11-10(7-8-12)9-5-3-2-4-6-9;2*1-2/h2-6,10-12H,7-8H2,1H3;1-2H3;2H,1H3. The van der Waals surface area contributed by atoms with Crippen LogP contribution in [-0.4, -0.2) is 31.0 Å². The number of nitrogens with one attached hydrogen (secondary N) is 1. The van der Waals surface area contributed by atoms with Gasteiger partial charge in [-0.05, 0) is 19.0 Å². The second kappa shape index (κ2) is 14.1. The van der Waals surface area contributed by atoms with E-state index in [0.717, 1.165) is 13.5 Å². The van der Waals surface area contributed by atoms with Crippen molar-refractivity contribution in [2.24, 2.45) is 0 Å². The van der Waals surface area contributed by atoms with Gasteiger partial charge in [0, 0.05) is 19.8 Å². The van der Waals surface area contributed by atoms with Crippen LogP contribution >= 0.6 is 0 Å². The normalized spacial score (nSPS) is 10.4. The maximum absolute atomic E-state index is 8.79. The minimum atomic E-state index is 0.223. The number of benzene rings is 1. The predicted octanol–water partition coefficient (Wildman–Crippen LogP) is 1.96. The average molecular weight is 227 g/mol. The van der Waals surface area contributed by atoms with E-state index in [9.17, 15) is 0 Å². The SMILES string of the molecule is CC.CNC(CCO)c1ccccc1.CO. The summed E-state index contributed by atoms with van der Waals surface area (Å²) in [4.78, 5) is 0. The summed E-state index contributed by atoms with van der Waals surface area (Å²) >= 11 is 0. The van der Waals surface area contributed by atoms with E-state index in [0.29, 0.717) is 0 Å². The molecule has 0 amide bonds. The van der Waals surface area contributed by atoms with Crippen molar-refractivity contribution in [3.8, 4) is 0 Å². The zero-order chi connectivity index (χ0) is 12.8. The molecule has 0 heterocycles. The lowest BCUT2D eigenvalue weighted by atomic mass is 10.0. The van der Waals surface area contributed by atoms with Gasteiger partial charge < -0.3 is 15.5 Å². The summed E-state index contributed by atoms with van der Waals surface area (Å²) in [5, 5.41) is 18.9. The van der Waals surface area contributed by atoms with Crippen LogP contribution in [0.1, 0.15) is 31.9 Å². The number of hydrogen-bond acceptors (Lipinski definition) is 3. The molecule has 3 nitrogen and oxygen atoms in total. The maximum atomic E-state index is 8.79. The van der Waals surface area contributed by atoms with Crippen LogP contribution in [0.15, 0.2) is 30.3 Å². The van der Waals surface area contributed by atoms with Crippen molar-refractivity contribution in [2.75, 3.05) is 20.8 Å². The van der Waals surface area contributed by atoms with E-state index in [1.807, 2.05) is 39.1 Å². The molecular weight excluding hydrogens is 202 g/mol. The van der Waals surface area contributed by atoms with E-state index in [1.54, 1.807) is 0 Å². The third kappa shape index (κ3) is 7.40. The summed E-state index contributed by atoms with van der Waals surface area (Å²) in [6, 6.07) is 10.4. The Kier molecular flexibility index (Phi) is 15.4. The molecule has 0 aliphatic rings. The van der Waals surface area contributed by atoms with Gasteiger partial charge in [0.1, 0.15) is 0 Å². The summed E-state index contributed by atoms with van der Waals surface area (Å²) in [5.41, 5.74) is 1.23. The van der Waals surface area contributed by atoms with Crippen molar-refractivity contribution in [3.63, 3.8) is 0 Å². The molecule has 0 aliphatic heterocycles. The minimum Gasteiger partial charge on any atom is -0.400 e. The van der Waals surface area contributed by atoms with Crippen LogP contribution in [0.2, 0.25) is 0 Å². The lowest BCUT2D eigenvalue weighted by Gasteiger charge is -2.14. The number of aliphatic hydroxyl groups excluding tert-OH is 2. The minimum absolute atomic E-state index is 0.223. The van der Waals surface area contributed by atoms with Gasteiger partial charge in [0.25, 0.3) is 0 Å². The molecule has 0 fully saturated rings. The molecule has 1 aromatic rings. The molecule has 3 heteroatoms. The molecule has 0 aromatic heterocycles. The molecule has 0 spiro atoms. The summed E-state index contributed by atoms with van der Waals surface area (Å²) in [5.74, 6) is 0. The van der Waals surface area contributed by atoms with Crippen LogP contribution in [0.5, 0.6) is 0 Å². The van der Waals surface area contributed by atoms with Crippen LogP contribution in [0, 0.1) is 0 Å². The van der Waals surface area contributed by atoms with Crippen molar-refractivity contribution >= 4 is 0 Å². The molecular formula is C13H25NO2. The lowest BCUT2D eigenvalue weighted by molar-refractivity contribution is 0.269. The Labute approximate surface area is 99.1 Å². The summed E-state index contributed by atoms with van der Waals surface area (Å²) in [6.07, 6.45) is 0.764. The molecule has 0 radical (unpaired) electrons. The Morgan fingerprint density at radius 1 is 1.12 bits per heavy atom. The molecule has 0 aliphatic carbocycles. The molecule has 1 aromatic carbocycles. The molecule has 0 bridgehead atoms. The summed E-state index contributed by atoms with van der Waals surface area (Å²) in [7, 11) is 2.91. The van der Waals surface area contributed by atoms with Crippen LogP contribution < -0.4 is 5.32 Å². The van der Waals surface area contributed by atoms with E-state index in [2.05, 4.69) is 17.4 Å². The Balaban J connectivity index is 0. The van der Waals surface area contributed by atoms with Crippen molar-refractivity contribution in [3.05, 3.63) is 35.9 Å². The largest absolute Gasteiger partial charge is 0.400 e. The van der Waals surface area contributed by atoms with E-state index in [1.165, 1.54) is 5.56 Å². The van der Waals surface area contributed by atoms with Gasteiger partial charge in [0.2, 0.25) is 0 Å². The second-order valence-electron chi connectivity index (χ2n) is 2.76. The average Bonchev–Trinajstić information content (AvgIpc) is 2.41. The highest BCUT2D eigenvalue weighted by atomic mass is 16.3. The van der Waals surface area contributed by atoms with Gasteiger partial charge in [-0.25, -0.2) is 0 Å². The van der Waals surface area contributed by atoms with Gasteiger partial charge in [-0.2, -0.15) is 0 Å². The maximum Gasteiger partial charge on any atom is 0.0449 e. The van der Waals surface area contributed by atoms with Crippen LogP contribution in [-0.2, 0) is 0 Å². The van der Waals surface area contributed by atoms with Crippen LogP contribution in [0.25, 0.3) is 0 Å². The first-order valence-corrected chi connectivity index (χ1v) is 5.66. The fourth-order valence-corrected chi connectivity index (χ4v) is 1.29. The fraction of sp³-hybridized carbons (Fsp3) is 0.538. The predicted molar refractivity (Wildman–Crippen MR) is 69.4 cm³/mol. The smallest absolute Gasteiger partial charge is 0.0449 e. The molecule has 0 saturated carbocycles. The van der Waals surface area contributed by atoms with E-state index in [4.69, 9.17) is 10.2 Å². The van der Waals surface area contributed by atoms with Crippen molar-refractivity contribution in [1.82, 2.24) is 5.32 Å². The van der Waals surface area contributed by atoms with Gasteiger partial charge in [-0.15, -0.1) is 0 Å².